The Morgan fingerprint density at radius 2 is 1.96 bits per heavy atom. The van der Waals surface area contributed by atoms with E-state index in [1.807, 2.05) is 30.5 Å². The van der Waals surface area contributed by atoms with Crippen molar-refractivity contribution in [2.24, 2.45) is 0 Å². The fraction of sp³-hybridized carbons (Fsp3) is 0.0909. The van der Waals surface area contributed by atoms with Crippen molar-refractivity contribution in [2.75, 3.05) is 11.6 Å². The van der Waals surface area contributed by atoms with Crippen LogP contribution in [0.3, 0.4) is 0 Å². The number of rotatable bonds is 6. The number of hydrogen-bond acceptors (Lipinski definition) is 4. The smallest absolute Gasteiger partial charge is 0.257 e. The Balaban J connectivity index is 1.69. The molecule has 3 rings (SSSR count). The summed E-state index contributed by atoms with van der Waals surface area (Å²) in [5.74, 6) is 0.337. The molecule has 6 heteroatoms. The number of benzene rings is 3. The quantitative estimate of drug-likeness (QED) is 0.526. The lowest BCUT2D eigenvalue weighted by atomic mass is 10.1. The van der Waals surface area contributed by atoms with Crippen LogP contribution in [0.1, 0.15) is 21.5 Å². The third-order valence-corrected chi connectivity index (χ3v) is 5.03. The minimum Gasteiger partial charge on any atom is -0.489 e. The Morgan fingerprint density at radius 3 is 2.75 bits per heavy atom. The topological polar surface area (TPSA) is 62.1 Å². The van der Waals surface area contributed by atoms with Crippen LogP contribution in [0.25, 0.3) is 0 Å². The van der Waals surface area contributed by atoms with Crippen molar-refractivity contribution >= 4 is 35.0 Å². The van der Waals surface area contributed by atoms with Crippen LogP contribution in [0, 0.1) is 11.3 Å². The van der Waals surface area contributed by atoms with Crippen molar-refractivity contribution in [3.05, 3.63) is 88.4 Å². The third-order valence-electron chi connectivity index (χ3n) is 3.97. The number of thioether (sulfide) groups is 1. The van der Waals surface area contributed by atoms with E-state index in [4.69, 9.17) is 21.6 Å². The van der Waals surface area contributed by atoms with Gasteiger partial charge >= 0.3 is 0 Å². The number of nitriles is 1. The minimum absolute atomic E-state index is 0.278. The van der Waals surface area contributed by atoms with Crippen molar-refractivity contribution in [1.82, 2.24) is 0 Å². The highest BCUT2D eigenvalue weighted by Gasteiger charge is 2.12. The van der Waals surface area contributed by atoms with Gasteiger partial charge in [-0.05, 0) is 54.3 Å². The van der Waals surface area contributed by atoms with E-state index in [1.54, 1.807) is 54.2 Å². The van der Waals surface area contributed by atoms with Crippen molar-refractivity contribution in [3.8, 4) is 11.8 Å². The molecule has 0 bridgehead atoms. The number of nitrogens with one attached hydrogen (secondary N) is 1. The average Bonchev–Trinajstić information content (AvgIpc) is 2.73. The van der Waals surface area contributed by atoms with Gasteiger partial charge in [-0.25, -0.2) is 0 Å². The lowest BCUT2D eigenvalue weighted by molar-refractivity contribution is 0.102. The van der Waals surface area contributed by atoms with Crippen molar-refractivity contribution in [1.29, 1.82) is 5.26 Å². The molecule has 0 fully saturated rings. The predicted molar refractivity (Wildman–Crippen MR) is 113 cm³/mol. The summed E-state index contributed by atoms with van der Waals surface area (Å²) in [5, 5.41) is 12.2. The normalized spacial score (nSPS) is 10.2. The van der Waals surface area contributed by atoms with E-state index in [1.165, 1.54) is 0 Å². The van der Waals surface area contributed by atoms with Crippen LogP contribution in [0.5, 0.6) is 5.75 Å². The van der Waals surface area contributed by atoms with Gasteiger partial charge in [-0.1, -0.05) is 29.8 Å². The van der Waals surface area contributed by atoms with Crippen LogP contribution in [0.15, 0.2) is 71.6 Å². The number of nitrogens with zero attached hydrogens (tertiary/aromatic N) is 1. The van der Waals surface area contributed by atoms with Crippen LogP contribution in [0.4, 0.5) is 5.69 Å². The molecule has 1 amide bonds. The van der Waals surface area contributed by atoms with Gasteiger partial charge in [0.15, 0.2) is 0 Å². The molecule has 0 unspecified atom stereocenters. The highest BCUT2D eigenvalue weighted by molar-refractivity contribution is 7.98. The summed E-state index contributed by atoms with van der Waals surface area (Å²) >= 11 is 7.72. The first-order valence-electron chi connectivity index (χ1n) is 8.46. The highest BCUT2D eigenvalue weighted by atomic mass is 35.5. The molecule has 1 N–H and O–H groups in total. The summed E-state index contributed by atoms with van der Waals surface area (Å²) < 4.78 is 5.79. The summed E-state index contributed by atoms with van der Waals surface area (Å²) in [6.45, 7) is 0.328. The molecule has 0 saturated carbocycles. The number of hydrogen-bond donors (Lipinski definition) is 1. The zero-order valence-electron chi connectivity index (χ0n) is 15.1. The van der Waals surface area contributed by atoms with E-state index in [2.05, 4.69) is 11.4 Å². The van der Waals surface area contributed by atoms with Gasteiger partial charge < -0.3 is 10.1 Å². The van der Waals surface area contributed by atoms with Crippen molar-refractivity contribution < 1.29 is 9.53 Å². The fourth-order valence-corrected chi connectivity index (χ4v) is 3.21. The maximum Gasteiger partial charge on any atom is 0.257 e. The van der Waals surface area contributed by atoms with E-state index >= 15 is 0 Å². The number of anilines is 1. The van der Waals surface area contributed by atoms with Gasteiger partial charge in [0.25, 0.3) is 5.91 Å². The first-order valence-corrected chi connectivity index (χ1v) is 10.1. The lowest BCUT2D eigenvalue weighted by Crippen LogP contribution is -2.12. The molecule has 0 aliphatic rings. The van der Waals surface area contributed by atoms with E-state index in [-0.39, 0.29) is 5.91 Å². The van der Waals surface area contributed by atoms with Crippen LogP contribution in [0.2, 0.25) is 5.02 Å². The fourth-order valence-electron chi connectivity index (χ4n) is 2.56. The summed E-state index contributed by atoms with van der Waals surface area (Å²) in [7, 11) is 0. The average molecular weight is 409 g/mol. The van der Waals surface area contributed by atoms with Gasteiger partial charge in [-0.2, -0.15) is 5.26 Å². The first kappa shape index (κ1) is 19.8. The first-order chi connectivity index (χ1) is 13.6. The van der Waals surface area contributed by atoms with Crippen molar-refractivity contribution in [3.63, 3.8) is 0 Å². The Morgan fingerprint density at radius 1 is 1.14 bits per heavy atom. The highest BCUT2D eigenvalue weighted by Crippen LogP contribution is 2.25. The monoisotopic (exact) mass is 408 g/mol. The molecule has 0 radical (unpaired) electrons. The molecule has 0 aromatic heterocycles. The minimum atomic E-state index is -0.278. The second kappa shape index (κ2) is 9.32. The second-order valence-corrected chi connectivity index (χ2v) is 7.22. The van der Waals surface area contributed by atoms with E-state index < -0.39 is 0 Å². The number of halogens is 1. The molecule has 0 atom stereocenters. The standard InChI is InChI=1S/C22H17ClN2O2S/c1-28-19-8-9-21(23)20(12-19)22(26)25-17-6-3-7-18(11-17)27-14-16-5-2-4-15(10-16)13-24/h2-12H,14H2,1H3,(H,25,26). The van der Waals surface area contributed by atoms with Crippen molar-refractivity contribution in [2.45, 2.75) is 11.5 Å². The predicted octanol–water partition coefficient (Wildman–Crippen LogP) is 5.76. The molecule has 4 nitrogen and oxygen atoms in total. The largest absolute Gasteiger partial charge is 0.489 e. The Bertz CT molecular complexity index is 1050. The maximum absolute atomic E-state index is 12.6. The van der Waals surface area contributed by atoms with Gasteiger partial charge in [0, 0.05) is 16.6 Å². The Hall–Kier alpha value is -2.94. The Labute approximate surface area is 173 Å². The number of carbonyl (C=O) groups is 1. The zero-order valence-corrected chi connectivity index (χ0v) is 16.7. The second-order valence-electron chi connectivity index (χ2n) is 5.93. The van der Waals surface area contributed by atoms with Crippen LogP contribution < -0.4 is 10.1 Å². The maximum atomic E-state index is 12.6. The molecule has 0 spiro atoms. The Kier molecular flexibility index (Phi) is 6.59. The van der Waals surface area contributed by atoms with Gasteiger partial charge in [0.05, 0.1) is 22.2 Å². The van der Waals surface area contributed by atoms with E-state index in [0.717, 1.165) is 10.5 Å². The molecular weight excluding hydrogens is 392 g/mol. The van der Waals surface area contributed by atoms with Crippen LogP contribution in [-0.4, -0.2) is 12.2 Å². The summed E-state index contributed by atoms with van der Waals surface area (Å²) in [4.78, 5) is 13.6. The summed E-state index contributed by atoms with van der Waals surface area (Å²) in [5.41, 5.74) is 2.52. The summed E-state index contributed by atoms with van der Waals surface area (Å²) in [6.07, 6.45) is 1.94. The van der Waals surface area contributed by atoms with Gasteiger partial charge in [-0.3, -0.25) is 4.79 Å². The van der Waals surface area contributed by atoms with Crippen LogP contribution >= 0.6 is 23.4 Å². The lowest BCUT2D eigenvalue weighted by Gasteiger charge is -2.11. The molecule has 0 saturated heterocycles. The summed E-state index contributed by atoms with van der Waals surface area (Å²) in [6, 6.07) is 21.9. The molecule has 28 heavy (non-hydrogen) atoms. The number of amides is 1. The molecule has 0 heterocycles. The molecule has 0 aliphatic carbocycles. The van der Waals surface area contributed by atoms with E-state index in [9.17, 15) is 4.79 Å². The molecule has 140 valence electrons. The number of carbonyl (C=O) groups excluding carboxylic acids is 1. The van der Waals surface area contributed by atoms with Gasteiger partial charge in [0.2, 0.25) is 0 Å². The number of ether oxygens (including phenoxy) is 1. The molecule has 0 aliphatic heterocycles. The van der Waals surface area contributed by atoms with E-state index in [0.29, 0.717) is 34.2 Å². The molecule has 3 aromatic carbocycles. The third kappa shape index (κ3) is 5.07. The van der Waals surface area contributed by atoms with Gasteiger partial charge in [0.1, 0.15) is 12.4 Å². The van der Waals surface area contributed by atoms with Crippen LogP contribution in [-0.2, 0) is 6.61 Å². The SMILES string of the molecule is CSc1ccc(Cl)c(C(=O)Nc2cccc(OCc3cccc(C#N)c3)c2)c1. The zero-order chi connectivity index (χ0) is 19.9. The molecular formula is C22H17ClN2O2S. The van der Waals surface area contributed by atoms with Gasteiger partial charge in [-0.15, -0.1) is 11.8 Å². The molecule has 3 aromatic rings.